The third-order valence-corrected chi connectivity index (χ3v) is 4.13. The Morgan fingerprint density at radius 3 is 2.54 bits per heavy atom. The highest BCUT2D eigenvalue weighted by Crippen LogP contribution is 2.33. The zero-order chi connectivity index (χ0) is 18.1. The summed E-state index contributed by atoms with van der Waals surface area (Å²) in [5.74, 6) is 1.44. The number of halogens is 3. The lowest BCUT2D eigenvalue weighted by molar-refractivity contribution is 0.199. The van der Waals surface area contributed by atoms with E-state index in [1.54, 1.807) is 19.2 Å². The molecule has 0 saturated carbocycles. The van der Waals surface area contributed by atoms with Crippen LogP contribution in [0.2, 0.25) is 10.0 Å². The molecule has 2 aromatic rings. The van der Waals surface area contributed by atoms with E-state index in [9.17, 15) is 0 Å². The Morgan fingerprint density at radius 1 is 1.04 bits per heavy atom. The van der Waals surface area contributed by atoms with E-state index in [0.29, 0.717) is 36.4 Å². The maximum absolute atomic E-state index is 6.23. The van der Waals surface area contributed by atoms with E-state index in [1.807, 2.05) is 31.2 Å². The van der Waals surface area contributed by atoms with Gasteiger partial charge in [0.25, 0.3) is 0 Å². The van der Waals surface area contributed by atoms with E-state index >= 15 is 0 Å². The topological polar surface area (TPSA) is 39.7 Å². The van der Waals surface area contributed by atoms with E-state index in [-0.39, 0.29) is 12.4 Å². The minimum atomic E-state index is 0. The van der Waals surface area contributed by atoms with Gasteiger partial charge in [0.2, 0.25) is 0 Å². The summed E-state index contributed by atoms with van der Waals surface area (Å²) in [6, 6.07) is 11.3. The highest BCUT2D eigenvalue weighted by Gasteiger charge is 2.12. The molecular formula is C19H24Cl3NO3. The van der Waals surface area contributed by atoms with Crippen LogP contribution in [0.4, 0.5) is 0 Å². The normalized spacial score (nSPS) is 10.3. The Hall–Kier alpha value is -1.17. The number of rotatable bonds is 10. The summed E-state index contributed by atoms with van der Waals surface area (Å²) in [5.41, 5.74) is 1.89. The number of hydrogen-bond donors (Lipinski definition) is 1. The van der Waals surface area contributed by atoms with Crippen molar-refractivity contribution >= 4 is 35.6 Å². The van der Waals surface area contributed by atoms with E-state index < -0.39 is 0 Å². The molecular weight excluding hydrogens is 397 g/mol. The lowest BCUT2D eigenvalue weighted by atomic mass is 10.1. The van der Waals surface area contributed by atoms with Crippen molar-refractivity contribution in [2.24, 2.45) is 0 Å². The largest absolute Gasteiger partial charge is 0.490 e. The highest BCUT2D eigenvalue weighted by atomic mass is 35.5. The second-order valence-electron chi connectivity index (χ2n) is 5.37. The zero-order valence-corrected chi connectivity index (χ0v) is 17.2. The molecule has 0 aliphatic carbocycles. The molecule has 0 fully saturated rings. The fourth-order valence-electron chi connectivity index (χ4n) is 2.32. The second kappa shape index (κ2) is 12.3. The Morgan fingerprint density at radius 2 is 1.85 bits per heavy atom. The van der Waals surface area contributed by atoms with Crippen LogP contribution in [0, 0.1) is 0 Å². The molecule has 0 heterocycles. The monoisotopic (exact) mass is 419 g/mol. The average Bonchev–Trinajstić information content (AvgIpc) is 2.59. The molecule has 0 amide bonds. The van der Waals surface area contributed by atoms with E-state index in [1.165, 1.54) is 0 Å². The van der Waals surface area contributed by atoms with Gasteiger partial charge in [-0.05, 0) is 25.1 Å². The highest BCUT2D eigenvalue weighted by molar-refractivity contribution is 6.35. The molecule has 2 aromatic carbocycles. The number of para-hydroxylation sites is 1. The molecule has 4 nitrogen and oxygen atoms in total. The van der Waals surface area contributed by atoms with Gasteiger partial charge in [-0.25, -0.2) is 0 Å². The van der Waals surface area contributed by atoms with E-state index in [0.717, 1.165) is 29.2 Å². The maximum Gasteiger partial charge on any atom is 0.166 e. The van der Waals surface area contributed by atoms with Crippen molar-refractivity contribution in [1.82, 2.24) is 5.32 Å². The third kappa shape index (κ3) is 6.86. The number of benzene rings is 2. The van der Waals surface area contributed by atoms with Gasteiger partial charge in [0, 0.05) is 41.4 Å². The summed E-state index contributed by atoms with van der Waals surface area (Å²) in [7, 11) is 1.68. The summed E-state index contributed by atoms with van der Waals surface area (Å²) in [6.07, 6.45) is 0. The summed E-state index contributed by atoms with van der Waals surface area (Å²) in [5, 5.41) is 4.51. The van der Waals surface area contributed by atoms with Crippen molar-refractivity contribution < 1.29 is 14.2 Å². The van der Waals surface area contributed by atoms with E-state index in [2.05, 4.69) is 5.32 Å². The van der Waals surface area contributed by atoms with Gasteiger partial charge >= 0.3 is 0 Å². The predicted octanol–water partition coefficient (Wildman–Crippen LogP) is 5.13. The molecule has 0 aliphatic rings. The van der Waals surface area contributed by atoms with Gasteiger partial charge in [-0.3, -0.25) is 0 Å². The van der Waals surface area contributed by atoms with Gasteiger partial charge < -0.3 is 19.5 Å². The summed E-state index contributed by atoms with van der Waals surface area (Å²) in [6.45, 7) is 4.93. The van der Waals surface area contributed by atoms with Crippen molar-refractivity contribution in [3.63, 3.8) is 0 Å². The van der Waals surface area contributed by atoms with E-state index in [4.69, 9.17) is 37.4 Å². The summed E-state index contributed by atoms with van der Waals surface area (Å²) in [4.78, 5) is 0. The number of methoxy groups -OCH3 is 1. The first-order valence-corrected chi connectivity index (χ1v) is 8.92. The number of ether oxygens (including phenoxy) is 3. The minimum Gasteiger partial charge on any atom is -0.490 e. The zero-order valence-electron chi connectivity index (χ0n) is 14.9. The molecule has 26 heavy (non-hydrogen) atoms. The second-order valence-corrected chi connectivity index (χ2v) is 6.22. The van der Waals surface area contributed by atoms with Crippen molar-refractivity contribution in [1.29, 1.82) is 0 Å². The van der Waals surface area contributed by atoms with Crippen LogP contribution in [-0.2, 0) is 17.9 Å². The minimum absolute atomic E-state index is 0. The number of hydrogen-bond acceptors (Lipinski definition) is 4. The van der Waals surface area contributed by atoms with Gasteiger partial charge in [0.05, 0.1) is 13.2 Å². The average molecular weight is 421 g/mol. The molecule has 2 rings (SSSR count). The Labute approximate surface area is 171 Å². The Balaban J connectivity index is 0.00000338. The van der Waals surface area contributed by atoms with Crippen LogP contribution < -0.4 is 14.8 Å². The van der Waals surface area contributed by atoms with Crippen LogP contribution in [0.3, 0.4) is 0 Å². The standard InChI is InChI=1S/C19H23Cl2NO3.ClH/c1-3-24-18-6-4-5-14(12-22-9-10-23-2)19(18)25-13-15-7-8-16(20)11-17(15)21;/h4-8,11,22H,3,9-10,12-13H2,1-2H3;1H. The smallest absolute Gasteiger partial charge is 0.166 e. The fourth-order valence-corrected chi connectivity index (χ4v) is 2.78. The molecule has 1 N–H and O–H groups in total. The molecule has 0 bridgehead atoms. The van der Waals surface area contributed by atoms with Crippen LogP contribution >= 0.6 is 35.6 Å². The third-order valence-electron chi connectivity index (χ3n) is 3.55. The quantitative estimate of drug-likeness (QED) is 0.541. The lowest BCUT2D eigenvalue weighted by Gasteiger charge is -2.17. The van der Waals surface area contributed by atoms with Gasteiger partial charge in [-0.15, -0.1) is 12.4 Å². The first-order valence-electron chi connectivity index (χ1n) is 8.16. The molecule has 0 atom stereocenters. The Bertz CT molecular complexity index is 683. The van der Waals surface area contributed by atoms with Crippen molar-refractivity contribution in [2.45, 2.75) is 20.1 Å². The van der Waals surface area contributed by atoms with Crippen molar-refractivity contribution in [2.75, 3.05) is 26.9 Å². The van der Waals surface area contributed by atoms with Crippen LogP contribution in [0.5, 0.6) is 11.5 Å². The first-order chi connectivity index (χ1) is 12.2. The molecule has 0 radical (unpaired) electrons. The summed E-state index contributed by atoms with van der Waals surface area (Å²) < 4.78 is 16.8. The lowest BCUT2D eigenvalue weighted by Crippen LogP contribution is -2.19. The Kier molecular flexibility index (Phi) is 10.8. The van der Waals surface area contributed by atoms with Crippen LogP contribution in [0.1, 0.15) is 18.1 Å². The molecule has 0 saturated heterocycles. The SMILES string of the molecule is CCOc1cccc(CNCCOC)c1OCc1ccc(Cl)cc1Cl.Cl. The maximum atomic E-state index is 6.23. The molecule has 0 spiro atoms. The van der Waals surface area contributed by atoms with Gasteiger partial charge in [-0.1, -0.05) is 41.4 Å². The first kappa shape index (κ1) is 22.9. The summed E-state index contributed by atoms with van der Waals surface area (Å²) >= 11 is 12.2. The predicted molar refractivity (Wildman–Crippen MR) is 109 cm³/mol. The van der Waals surface area contributed by atoms with Crippen LogP contribution in [-0.4, -0.2) is 26.9 Å². The molecule has 0 aromatic heterocycles. The van der Waals surface area contributed by atoms with Gasteiger partial charge in [0.1, 0.15) is 6.61 Å². The van der Waals surface area contributed by atoms with Crippen molar-refractivity contribution in [3.05, 3.63) is 57.6 Å². The van der Waals surface area contributed by atoms with Gasteiger partial charge in [-0.2, -0.15) is 0 Å². The molecule has 0 aliphatic heterocycles. The molecule has 144 valence electrons. The fraction of sp³-hybridized carbons (Fsp3) is 0.368. The van der Waals surface area contributed by atoms with Gasteiger partial charge in [0.15, 0.2) is 11.5 Å². The van der Waals surface area contributed by atoms with Crippen LogP contribution in [0.15, 0.2) is 36.4 Å². The molecule has 7 heteroatoms. The number of nitrogens with one attached hydrogen (secondary N) is 1. The van der Waals surface area contributed by atoms with Crippen LogP contribution in [0.25, 0.3) is 0 Å². The molecule has 0 unspecified atom stereocenters. The van der Waals surface area contributed by atoms with Crippen molar-refractivity contribution in [3.8, 4) is 11.5 Å².